The molecule has 2 aromatic rings. The van der Waals surface area contributed by atoms with E-state index in [4.69, 9.17) is 14.3 Å². The predicted octanol–water partition coefficient (Wildman–Crippen LogP) is 1.98. The van der Waals surface area contributed by atoms with Gasteiger partial charge >= 0.3 is 11.6 Å². The summed E-state index contributed by atoms with van der Waals surface area (Å²) in [6.07, 6.45) is 1.94. The van der Waals surface area contributed by atoms with E-state index in [1.165, 1.54) is 18.9 Å². The second kappa shape index (κ2) is 8.75. The van der Waals surface area contributed by atoms with E-state index in [9.17, 15) is 14.4 Å². The molecule has 0 saturated heterocycles. The van der Waals surface area contributed by atoms with E-state index < -0.39 is 23.5 Å². The fourth-order valence-corrected chi connectivity index (χ4v) is 3.20. The first-order valence-electron chi connectivity index (χ1n) is 7.98. The average molecular weight is 379 g/mol. The number of rotatable bonds is 8. The molecule has 2 N–H and O–H groups in total. The molecule has 1 atom stereocenters. The Balaban J connectivity index is 2.17. The zero-order chi connectivity index (χ0) is 19.3. The molecule has 140 valence electrons. The minimum Gasteiger partial charge on any atom is -0.497 e. The van der Waals surface area contributed by atoms with Crippen LogP contribution in [0.5, 0.6) is 5.75 Å². The molecule has 1 heterocycles. The normalized spacial score (nSPS) is 12.0. The fraction of sp³-hybridized carbons (Fsp3) is 0.389. The van der Waals surface area contributed by atoms with Crippen LogP contribution in [0.3, 0.4) is 0 Å². The second-order valence-electron chi connectivity index (χ2n) is 5.77. The van der Waals surface area contributed by atoms with Crippen LogP contribution < -0.4 is 15.7 Å². The number of aryl methyl sites for hydroxylation is 1. The fourth-order valence-electron chi connectivity index (χ4n) is 2.64. The van der Waals surface area contributed by atoms with Gasteiger partial charge < -0.3 is 19.6 Å². The van der Waals surface area contributed by atoms with Gasteiger partial charge in [0, 0.05) is 29.2 Å². The zero-order valence-corrected chi connectivity index (χ0v) is 15.6. The maximum absolute atomic E-state index is 12.3. The Kier molecular flexibility index (Phi) is 6.68. The molecule has 7 nitrogen and oxygen atoms in total. The molecule has 0 radical (unpaired) electrons. The average Bonchev–Trinajstić information content (AvgIpc) is 2.60. The van der Waals surface area contributed by atoms with Crippen molar-refractivity contribution in [1.82, 2.24) is 5.32 Å². The van der Waals surface area contributed by atoms with Gasteiger partial charge in [0.2, 0.25) is 5.91 Å². The topological polar surface area (TPSA) is 106 Å². The van der Waals surface area contributed by atoms with Gasteiger partial charge in [0.1, 0.15) is 17.4 Å². The number of nitrogens with one attached hydrogen (secondary N) is 1. The first-order chi connectivity index (χ1) is 12.4. The van der Waals surface area contributed by atoms with Crippen molar-refractivity contribution in [2.24, 2.45) is 0 Å². The lowest BCUT2D eigenvalue weighted by molar-refractivity contribution is -0.141. The molecular weight excluding hydrogens is 358 g/mol. The lowest BCUT2D eigenvalue weighted by Crippen LogP contribution is -2.42. The third-order valence-corrected chi connectivity index (χ3v) is 4.73. The van der Waals surface area contributed by atoms with E-state index in [0.29, 0.717) is 16.9 Å². The summed E-state index contributed by atoms with van der Waals surface area (Å²) in [5, 5.41) is 12.3. The highest BCUT2D eigenvalue weighted by Crippen LogP contribution is 2.24. The second-order valence-corrected chi connectivity index (χ2v) is 6.68. The van der Waals surface area contributed by atoms with E-state index in [1.807, 2.05) is 0 Å². The molecule has 0 aliphatic heterocycles. The summed E-state index contributed by atoms with van der Waals surface area (Å²) in [5.74, 6) is -0.635. The Hall–Kier alpha value is -2.48. The van der Waals surface area contributed by atoms with Crippen LogP contribution in [0.2, 0.25) is 0 Å². The van der Waals surface area contributed by atoms with E-state index in [2.05, 4.69) is 5.32 Å². The largest absolute Gasteiger partial charge is 0.497 e. The maximum Gasteiger partial charge on any atom is 0.339 e. The third kappa shape index (κ3) is 4.57. The molecule has 0 bridgehead atoms. The van der Waals surface area contributed by atoms with Gasteiger partial charge in [0.05, 0.1) is 7.11 Å². The Morgan fingerprint density at radius 3 is 2.73 bits per heavy atom. The molecule has 0 aliphatic carbocycles. The summed E-state index contributed by atoms with van der Waals surface area (Å²) < 4.78 is 10.5. The van der Waals surface area contributed by atoms with Crippen molar-refractivity contribution in [3.05, 3.63) is 39.7 Å². The van der Waals surface area contributed by atoms with Crippen LogP contribution in [0, 0.1) is 6.92 Å². The van der Waals surface area contributed by atoms with Crippen LogP contribution in [-0.4, -0.2) is 42.1 Å². The SMILES string of the molecule is COc1ccc2c(C)c(CCC(=O)NC(CSC)C(=O)O)c(=O)oc2c1. The Morgan fingerprint density at radius 2 is 2.12 bits per heavy atom. The van der Waals surface area contributed by atoms with Crippen LogP contribution in [0.15, 0.2) is 27.4 Å². The molecule has 26 heavy (non-hydrogen) atoms. The number of amides is 1. The quantitative estimate of drug-likeness (QED) is 0.676. The highest BCUT2D eigenvalue weighted by molar-refractivity contribution is 7.98. The van der Waals surface area contributed by atoms with Crippen molar-refractivity contribution < 1.29 is 23.8 Å². The lowest BCUT2D eigenvalue weighted by Gasteiger charge is -2.13. The predicted molar refractivity (Wildman–Crippen MR) is 100 cm³/mol. The molecule has 8 heteroatoms. The van der Waals surface area contributed by atoms with Crippen LogP contribution in [0.4, 0.5) is 0 Å². The first kappa shape index (κ1) is 19.8. The number of carboxylic acids is 1. The summed E-state index contributed by atoms with van der Waals surface area (Å²) in [6.45, 7) is 1.80. The third-order valence-electron chi connectivity index (χ3n) is 4.06. The minimum atomic E-state index is -1.08. The number of carbonyl (C=O) groups excluding carboxylic acids is 1. The summed E-state index contributed by atoms with van der Waals surface area (Å²) in [7, 11) is 1.53. The highest BCUT2D eigenvalue weighted by atomic mass is 32.2. The lowest BCUT2D eigenvalue weighted by atomic mass is 10.0. The Morgan fingerprint density at radius 1 is 1.38 bits per heavy atom. The molecule has 0 spiro atoms. The van der Waals surface area contributed by atoms with Crippen LogP contribution in [-0.2, 0) is 16.0 Å². The van der Waals surface area contributed by atoms with E-state index in [-0.39, 0.29) is 18.6 Å². The summed E-state index contributed by atoms with van der Waals surface area (Å²) in [4.78, 5) is 35.4. The van der Waals surface area contributed by atoms with Crippen molar-refractivity contribution in [3.8, 4) is 5.75 Å². The van der Waals surface area contributed by atoms with Gasteiger partial charge in [-0.1, -0.05) is 0 Å². The number of aliphatic carboxylic acids is 1. The van der Waals surface area contributed by atoms with Crippen molar-refractivity contribution in [3.63, 3.8) is 0 Å². The number of ether oxygens (including phenoxy) is 1. The number of carbonyl (C=O) groups is 2. The van der Waals surface area contributed by atoms with Gasteiger partial charge in [-0.3, -0.25) is 4.79 Å². The van der Waals surface area contributed by atoms with Gasteiger partial charge in [0.15, 0.2) is 0 Å². The monoisotopic (exact) mass is 379 g/mol. The van der Waals surface area contributed by atoms with E-state index in [1.54, 1.807) is 31.4 Å². The molecule has 0 saturated carbocycles. The van der Waals surface area contributed by atoms with Crippen molar-refractivity contribution in [2.75, 3.05) is 19.1 Å². The highest BCUT2D eigenvalue weighted by Gasteiger charge is 2.20. The molecule has 0 fully saturated rings. The smallest absolute Gasteiger partial charge is 0.339 e. The van der Waals surface area contributed by atoms with Crippen LogP contribution >= 0.6 is 11.8 Å². The number of methoxy groups -OCH3 is 1. The molecule has 1 aromatic heterocycles. The number of thioether (sulfide) groups is 1. The summed E-state index contributed by atoms with van der Waals surface area (Å²) >= 11 is 1.33. The molecule has 1 aromatic carbocycles. The Labute approximate surface area is 154 Å². The van der Waals surface area contributed by atoms with Gasteiger partial charge in [-0.2, -0.15) is 11.8 Å². The molecular formula is C18H21NO6S. The van der Waals surface area contributed by atoms with Crippen molar-refractivity contribution in [1.29, 1.82) is 0 Å². The zero-order valence-electron chi connectivity index (χ0n) is 14.8. The standard InChI is InChI=1S/C18H21NO6S/c1-10-12-5-4-11(24-2)8-15(12)25-18(23)13(10)6-7-16(20)19-14(9-26-3)17(21)22/h4-5,8,14H,6-7,9H2,1-3H3,(H,19,20)(H,21,22). The molecule has 1 amide bonds. The van der Waals surface area contributed by atoms with Crippen LogP contribution in [0.25, 0.3) is 11.0 Å². The molecule has 2 rings (SSSR count). The number of benzene rings is 1. The maximum atomic E-state index is 12.3. The van der Waals surface area contributed by atoms with Gasteiger partial charge in [-0.15, -0.1) is 0 Å². The van der Waals surface area contributed by atoms with Gasteiger partial charge in [-0.05, 0) is 37.3 Å². The van der Waals surface area contributed by atoms with Crippen molar-refractivity contribution in [2.45, 2.75) is 25.8 Å². The van der Waals surface area contributed by atoms with E-state index in [0.717, 1.165) is 10.9 Å². The van der Waals surface area contributed by atoms with Gasteiger partial charge in [-0.25, -0.2) is 9.59 Å². The Bertz CT molecular complexity index is 876. The first-order valence-corrected chi connectivity index (χ1v) is 9.38. The number of carboxylic acid groups (broad SMARTS) is 1. The van der Waals surface area contributed by atoms with E-state index >= 15 is 0 Å². The number of fused-ring (bicyclic) bond motifs is 1. The van der Waals surface area contributed by atoms with Crippen LogP contribution in [0.1, 0.15) is 17.5 Å². The van der Waals surface area contributed by atoms with Gasteiger partial charge in [0.25, 0.3) is 0 Å². The molecule has 0 aliphatic rings. The minimum absolute atomic E-state index is 0.00538. The number of hydrogen-bond acceptors (Lipinski definition) is 6. The summed E-state index contributed by atoms with van der Waals surface area (Å²) in [6, 6.07) is 4.26. The van der Waals surface area contributed by atoms with Crippen molar-refractivity contribution >= 4 is 34.6 Å². The summed E-state index contributed by atoms with van der Waals surface area (Å²) in [5.41, 5.74) is 1.07. The number of hydrogen-bond donors (Lipinski definition) is 2. The molecule has 1 unspecified atom stereocenters.